The number of hydrogen-bond donors (Lipinski definition) is 2. The molecule has 0 aliphatic rings. The molecule has 0 saturated heterocycles. The number of aromatic hydroxyl groups is 1. The van der Waals surface area contributed by atoms with Crippen LogP contribution in [0.25, 0.3) is 0 Å². The van der Waals surface area contributed by atoms with Crippen LogP contribution in [0.1, 0.15) is 15.2 Å². The summed E-state index contributed by atoms with van der Waals surface area (Å²) in [4.78, 5) is 13.0. The summed E-state index contributed by atoms with van der Waals surface area (Å²) in [6, 6.07) is 8.72. The van der Waals surface area contributed by atoms with E-state index in [9.17, 15) is 9.90 Å². The van der Waals surface area contributed by atoms with Crippen molar-refractivity contribution in [3.05, 3.63) is 48.7 Å². The van der Waals surface area contributed by atoms with Crippen LogP contribution in [0.15, 0.2) is 30.3 Å². The topological polar surface area (TPSA) is 49.3 Å². The fraction of sp³-hybridized carbons (Fsp3) is 0.154. The maximum absolute atomic E-state index is 11.9. The number of halogens is 2. The summed E-state index contributed by atoms with van der Waals surface area (Å²) in [6.07, 6.45) is 0.730. The third kappa shape index (κ3) is 4.09. The van der Waals surface area contributed by atoms with E-state index in [-0.39, 0.29) is 11.7 Å². The van der Waals surface area contributed by atoms with E-state index < -0.39 is 0 Å². The van der Waals surface area contributed by atoms with E-state index in [1.807, 2.05) is 12.1 Å². The molecular weight excluding hydrogens is 397 g/mol. The number of nitrogens with one attached hydrogen (secondary N) is 1. The second-order valence-electron chi connectivity index (χ2n) is 3.87. The van der Waals surface area contributed by atoms with Gasteiger partial charge in [0.25, 0.3) is 5.91 Å². The molecule has 19 heavy (non-hydrogen) atoms. The number of rotatable bonds is 4. The Morgan fingerprint density at radius 2 is 2.16 bits per heavy atom. The second kappa shape index (κ2) is 6.58. The Bertz CT molecular complexity index is 600. The molecule has 0 unspecified atom stereocenters. The van der Waals surface area contributed by atoms with E-state index in [0.717, 1.165) is 19.2 Å². The minimum atomic E-state index is -0.265. The Balaban J connectivity index is 1.92. The maximum Gasteiger partial charge on any atom is 0.255 e. The normalized spacial score (nSPS) is 10.4. The first-order valence-corrected chi connectivity index (χ1v) is 7.84. The van der Waals surface area contributed by atoms with Gasteiger partial charge in [-0.3, -0.25) is 4.79 Å². The van der Waals surface area contributed by atoms with Crippen LogP contribution >= 0.6 is 45.5 Å². The first-order valence-electron chi connectivity index (χ1n) is 5.57. The zero-order valence-corrected chi connectivity index (χ0v) is 13.6. The molecule has 0 fully saturated rings. The van der Waals surface area contributed by atoms with E-state index >= 15 is 0 Å². The number of amides is 1. The van der Waals surface area contributed by atoms with Crippen molar-refractivity contribution in [2.24, 2.45) is 0 Å². The van der Waals surface area contributed by atoms with E-state index in [0.29, 0.717) is 12.1 Å². The zero-order chi connectivity index (χ0) is 13.8. The molecule has 1 aromatic carbocycles. The van der Waals surface area contributed by atoms with Gasteiger partial charge in [0.05, 0.1) is 9.90 Å². The quantitative estimate of drug-likeness (QED) is 0.760. The molecule has 0 atom stereocenters. The lowest BCUT2D eigenvalue weighted by molar-refractivity contribution is 0.0951. The van der Waals surface area contributed by atoms with Gasteiger partial charge in [0.2, 0.25) is 0 Å². The van der Waals surface area contributed by atoms with Crippen LogP contribution in [-0.2, 0) is 6.42 Å². The van der Waals surface area contributed by atoms with Crippen molar-refractivity contribution >= 4 is 51.4 Å². The van der Waals surface area contributed by atoms with Crippen LogP contribution in [0.5, 0.6) is 5.75 Å². The third-order valence-corrected chi connectivity index (χ3v) is 4.45. The highest BCUT2D eigenvalue weighted by Crippen LogP contribution is 2.22. The molecular formula is C13H11ClINO2S. The fourth-order valence-electron chi connectivity index (χ4n) is 1.57. The van der Waals surface area contributed by atoms with Crippen molar-refractivity contribution in [2.45, 2.75) is 6.42 Å². The maximum atomic E-state index is 11.9. The third-order valence-electron chi connectivity index (χ3n) is 2.49. The van der Waals surface area contributed by atoms with E-state index in [1.165, 1.54) is 17.4 Å². The first kappa shape index (κ1) is 14.6. The Morgan fingerprint density at radius 3 is 2.84 bits per heavy atom. The van der Waals surface area contributed by atoms with Gasteiger partial charge >= 0.3 is 0 Å². The summed E-state index contributed by atoms with van der Waals surface area (Å²) in [6.45, 7) is 0.514. The Hall–Kier alpha value is -0.790. The highest BCUT2D eigenvalue weighted by Gasteiger charge is 2.11. The van der Waals surface area contributed by atoms with Crippen LogP contribution in [0.2, 0.25) is 4.34 Å². The highest BCUT2D eigenvalue weighted by molar-refractivity contribution is 14.1. The average molecular weight is 408 g/mol. The van der Waals surface area contributed by atoms with Gasteiger partial charge in [0.15, 0.2) is 0 Å². The number of hydrogen-bond acceptors (Lipinski definition) is 3. The molecule has 0 bridgehead atoms. The molecule has 0 aliphatic heterocycles. The van der Waals surface area contributed by atoms with Crippen LogP contribution in [-0.4, -0.2) is 17.6 Å². The molecule has 1 heterocycles. The number of benzene rings is 1. The number of carbonyl (C=O) groups excluding carboxylic acids is 1. The lowest BCUT2D eigenvalue weighted by Gasteiger charge is -2.06. The summed E-state index contributed by atoms with van der Waals surface area (Å²) >= 11 is 9.44. The molecule has 0 saturated carbocycles. The van der Waals surface area contributed by atoms with Crippen LogP contribution in [0.3, 0.4) is 0 Å². The molecule has 2 rings (SSSR count). The number of carbonyl (C=O) groups is 1. The highest BCUT2D eigenvalue weighted by atomic mass is 127. The Morgan fingerprint density at radius 1 is 1.37 bits per heavy atom. The standard InChI is InChI=1S/C13H11ClINO2S/c14-12-4-2-9(19-12)5-6-16-13(18)10-7-8(15)1-3-11(10)17/h1-4,7,17H,5-6H2,(H,16,18). The van der Waals surface area contributed by atoms with Gasteiger partial charge in [-0.15, -0.1) is 11.3 Å². The molecule has 2 aromatic rings. The summed E-state index contributed by atoms with van der Waals surface area (Å²) in [7, 11) is 0. The van der Waals surface area contributed by atoms with Crippen molar-refractivity contribution in [2.75, 3.05) is 6.54 Å². The van der Waals surface area contributed by atoms with Gasteiger partial charge in [-0.25, -0.2) is 0 Å². The molecule has 3 nitrogen and oxygen atoms in total. The monoisotopic (exact) mass is 407 g/mol. The molecule has 1 aromatic heterocycles. The minimum absolute atomic E-state index is 0.00270. The van der Waals surface area contributed by atoms with Crippen LogP contribution in [0, 0.1) is 3.57 Å². The summed E-state index contributed by atoms with van der Waals surface area (Å²) in [5.74, 6) is -0.268. The molecule has 2 N–H and O–H groups in total. The van der Waals surface area contributed by atoms with Gasteiger partial charge in [0, 0.05) is 15.0 Å². The smallest absolute Gasteiger partial charge is 0.255 e. The molecule has 1 amide bonds. The fourth-order valence-corrected chi connectivity index (χ4v) is 3.15. The number of phenols is 1. The Kier molecular flexibility index (Phi) is 5.06. The second-order valence-corrected chi connectivity index (χ2v) is 6.92. The minimum Gasteiger partial charge on any atom is -0.507 e. The molecule has 100 valence electrons. The van der Waals surface area contributed by atoms with Crippen LogP contribution < -0.4 is 5.32 Å². The van der Waals surface area contributed by atoms with Crippen molar-refractivity contribution < 1.29 is 9.90 Å². The molecule has 0 spiro atoms. The first-order chi connectivity index (χ1) is 9.06. The molecule has 6 heteroatoms. The van der Waals surface area contributed by atoms with Crippen molar-refractivity contribution in [3.8, 4) is 5.75 Å². The van der Waals surface area contributed by atoms with Crippen LogP contribution in [0.4, 0.5) is 0 Å². The van der Waals surface area contributed by atoms with E-state index in [1.54, 1.807) is 12.1 Å². The average Bonchev–Trinajstić information content (AvgIpc) is 2.78. The Labute approximate surface area is 133 Å². The lowest BCUT2D eigenvalue weighted by atomic mass is 10.2. The van der Waals surface area contributed by atoms with E-state index in [2.05, 4.69) is 27.9 Å². The predicted octanol–water partition coefficient (Wildman–Crippen LogP) is 3.68. The van der Waals surface area contributed by atoms with Crippen molar-refractivity contribution in [1.82, 2.24) is 5.32 Å². The number of phenolic OH excluding ortho intramolecular Hbond substituents is 1. The molecule has 0 radical (unpaired) electrons. The summed E-state index contributed by atoms with van der Waals surface area (Å²) in [5.41, 5.74) is 0.302. The van der Waals surface area contributed by atoms with Gasteiger partial charge in [0.1, 0.15) is 5.75 Å². The van der Waals surface area contributed by atoms with Crippen molar-refractivity contribution in [3.63, 3.8) is 0 Å². The zero-order valence-electron chi connectivity index (χ0n) is 9.82. The van der Waals surface area contributed by atoms with Gasteiger partial charge in [-0.1, -0.05) is 11.6 Å². The van der Waals surface area contributed by atoms with Gasteiger partial charge < -0.3 is 10.4 Å². The SMILES string of the molecule is O=C(NCCc1ccc(Cl)s1)c1cc(I)ccc1O. The summed E-state index contributed by atoms with van der Waals surface area (Å²) in [5, 5.41) is 12.4. The van der Waals surface area contributed by atoms with Gasteiger partial charge in [-0.2, -0.15) is 0 Å². The lowest BCUT2D eigenvalue weighted by Crippen LogP contribution is -2.25. The van der Waals surface area contributed by atoms with E-state index in [4.69, 9.17) is 11.6 Å². The number of thiophene rings is 1. The largest absolute Gasteiger partial charge is 0.507 e. The van der Waals surface area contributed by atoms with Gasteiger partial charge in [-0.05, 0) is 59.3 Å². The summed E-state index contributed by atoms with van der Waals surface area (Å²) < 4.78 is 1.65. The van der Waals surface area contributed by atoms with Crippen molar-refractivity contribution in [1.29, 1.82) is 0 Å². The molecule has 0 aliphatic carbocycles. The predicted molar refractivity (Wildman–Crippen MR) is 86.2 cm³/mol.